The molecule has 0 bridgehead atoms. The van der Waals surface area contributed by atoms with Crippen LogP contribution < -0.4 is 5.32 Å². The van der Waals surface area contributed by atoms with E-state index in [4.69, 9.17) is 0 Å². The molecule has 1 aliphatic heterocycles. The van der Waals surface area contributed by atoms with Gasteiger partial charge in [0.05, 0.1) is 0 Å². The van der Waals surface area contributed by atoms with Crippen molar-refractivity contribution in [2.24, 2.45) is 0 Å². The fourth-order valence-electron chi connectivity index (χ4n) is 3.50. The Balaban J connectivity index is 0.00000121. The van der Waals surface area contributed by atoms with Gasteiger partial charge >= 0.3 is 0 Å². The van der Waals surface area contributed by atoms with Crippen LogP contribution in [0.2, 0.25) is 0 Å². The van der Waals surface area contributed by atoms with Gasteiger partial charge in [-0.15, -0.1) is 11.6 Å². The molecule has 2 aliphatic rings. The average molecular weight is 335 g/mol. The average Bonchev–Trinajstić information content (AvgIpc) is 2.49. The zero-order chi connectivity index (χ0) is 12.7. The van der Waals surface area contributed by atoms with Crippen molar-refractivity contribution in [2.45, 2.75) is 24.7 Å². The van der Waals surface area contributed by atoms with Crippen molar-refractivity contribution in [3.05, 3.63) is 71.8 Å². The van der Waals surface area contributed by atoms with E-state index < -0.39 is 0 Å². The van der Waals surface area contributed by atoms with Crippen LogP contribution in [-0.2, 0) is 38.1 Å². The third-order valence-electron chi connectivity index (χ3n) is 4.37. The molecular weight excluding hydrogens is 319 g/mol. The summed E-state index contributed by atoms with van der Waals surface area (Å²) in [5.41, 5.74) is 5.28. The number of allylic oxidation sites excluding steroid dienone is 2. The Labute approximate surface area is 145 Å². The second-order valence-electron chi connectivity index (χ2n) is 5.41. The summed E-state index contributed by atoms with van der Waals surface area (Å²) in [5.74, 6) is 0. The van der Waals surface area contributed by atoms with Gasteiger partial charge < -0.3 is 5.32 Å². The molecule has 1 heterocycles. The molecule has 97 valence electrons. The van der Waals surface area contributed by atoms with Crippen molar-refractivity contribution in [1.29, 1.82) is 0 Å². The molecule has 2 aromatic rings. The van der Waals surface area contributed by atoms with Gasteiger partial charge in [0.25, 0.3) is 0 Å². The standard InChI is InChI=1S/C18H16N.Y/c1-6-12-18(13-7-1)14-8-2-4-10-16(14)19-17-11-5-3-9-15(17)18;/h2,4-6,8-12,19H,1,7,13H2;/q-1;. The number of fused-ring (bicyclic) bond motifs is 4. The maximum Gasteiger partial charge on any atom is 0.0400 e. The van der Waals surface area contributed by atoms with Crippen LogP contribution in [0.15, 0.2) is 54.6 Å². The van der Waals surface area contributed by atoms with Crippen LogP contribution >= 0.6 is 0 Å². The molecule has 1 unspecified atom stereocenters. The smallest absolute Gasteiger partial charge is 0.0400 e. The Kier molecular flexibility index (Phi) is 3.83. The minimum atomic E-state index is 0. The molecule has 1 N–H and O–H groups in total. The molecule has 1 spiro atoms. The number of hydrogen-bond donors (Lipinski definition) is 1. The van der Waals surface area contributed by atoms with E-state index >= 15 is 0 Å². The summed E-state index contributed by atoms with van der Waals surface area (Å²) < 4.78 is 0. The summed E-state index contributed by atoms with van der Waals surface area (Å²) in [5, 5.41) is 3.56. The molecule has 20 heavy (non-hydrogen) atoms. The molecule has 0 amide bonds. The van der Waals surface area contributed by atoms with Crippen molar-refractivity contribution in [2.75, 3.05) is 5.32 Å². The van der Waals surface area contributed by atoms with Gasteiger partial charge in [0.15, 0.2) is 0 Å². The van der Waals surface area contributed by atoms with Crippen molar-refractivity contribution >= 4 is 11.4 Å². The Morgan fingerprint density at radius 3 is 2.75 bits per heavy atom. The van der Waals surface area contributed by atoms with Crippen molar-refractivity contribution in [3.63, 3.8) is 0 Å². The second-order valence-corrected chi connectivity index (χ2v) is 5.41. The van der Waals surface area contributed by atoms with Crippen LogP contribution in [0.25, 0.3) is 0 Å². The van der Waals surface area contributed by atoms with E-state index in [1.807, 2.05) is 6.07 Å². The fraction of sp³-hybridized carbons (Fsp3) is 0.222. The van der Waals surface area contributed by atoms with Crippen LogP contribution in [0.5, 0.6) is 0 Å². The maximum absolute atomic E-state index is 3.56. The molecule has 0 aromatic heterocycles. The molecule has 1 radical (unpaired) electrons. The zero-order valence-electron chi connectivity index (χ0n) is 11.4. The SMILES string of the molecule is [Y].[c-]1ccc2c(c1)C1(C=CCCC1)c1ccccc1N2. The zero-order valence-corrected chi connectivity index (χ0v) is 14.2. The number of benzene rings is 2. The van der Waals surface area contributed by atoms with Crippen molar-refractivity contribution < 1.29 is 32.7 Å². The summed E-state index contributed by atoms with van der Waals surface area (Å²) in [4.78, 5) is 0. The quantitative estimate of drug-likeness (QED) is 0.549. The van der Waals surface area contributed by atoms with Gasteiger partial charge in [0, 0.05) is 38.4 Å². The summed E-state index contributed by atoms with van der Waals surface area (Å²) in [7, 11) is 0. The fourth-order valence-corrected chi connectivity index (χ4v) is 3.50. The first-order chi connectivity index (χ1) is 9.40. The van der Waals surface area contributed by atoms with Crippen LogP contribution in [0.1, 0.15) is 30.4 Å². The first kappa shape index (κ1) is 14.0. The Morgan fingerprint density at radius 2 is 1.90 bits per heavy atom. The normalized spacial score (nSPS) is 22.4. The molecular formula is C18H16NY-. The molecule has 0 saturated carbocycles. The van der Waals surface area contributed by atoms with Gasteiger partial charge in [0.2, 0.25) is 0 Å². The predicted octanol–water partition coefficient (Wildman–Crippen LogP) is 4.57. The van der Waals surface area contributed by atoms with E-state index in [0.29, 0.717) is 0 Å². The van der Waals surface area contributed by atoms with Gasteiger partial charge in [-0.1, -0.05) is 36.0 Å². The van der Waals surface area contributed by atoms with Crippen molar-refractivity contribution in [1.82, 2.24) is 0 Å². The minimum Gasteiger partial charge on any atom is -0.378 e. The van der Waals surface area contributed by atoms with Crippen LogP contribution in [-0.4, -0.2) is 0 Å². The first-order valence-corrected chi connectivity index (χ1v) is 6.95. The Bertz CT molecular complexity index is 614. The summed E-state index contributed by atoms with van der Waals surface area (Å²) in [6, 6.07) is 18.2. The minimum absolute atomic E-state index is 0. The number of rotatable bonds is 0. The number of nitrogens with one attached hydrogen (secondary N) is 1. The van der Waals surface area contributed by atoms with E-state index in [1.54, 1.807) is 0 Å². The molecule has 1 aliphatic carbocycles. The number of hydrogen-bond acceptors (Lipinski definition) is 1. The van der Waals surface area contributed by atoms with Crippen molar-refractivity contribution in [3.8, 4) is 0 Å². The maximum atomic E-state index is 3.56. The third kappa shape index (κ3) is 1.99. The van der Waals surface area contributed by atoms with Gasteiger partial charge in [-0.05, 0) is 36.3 Å². The number of anilines is 2. The molecule has 0 fully saturated rings. The van der Waals surface area contributed by atoms with Gasteiger partial charge in [-0.2, -0.15) is 18.2 Å². The molecule has 2 heteroatoms. The van der Waals surface area contributed by atoms with Gasteiger partial charge in [-0.25, -0.2) is 0 Å². The third-order valence-corrected chi connectivity index (χ3v) is 4.37. The monoisotopic (exact) mass is 335 g/mol. The summed E-state index contributed by atoms with van der Waals surface area (Å²) in [6.45, 7) is 0. The van der Waals surface area contributed by atoms with E-state index in [1.165, 1.54) is 41.8 Å². The number of para-hydroxylation sites is 1. The van der Waals surface area contributed by atoms with E-state index in [-0.39, 0.29) is 38.1 Å². The van der Waals surface area contributed by atoms with Crippen LogP contribution in [0.3, 0.4) is 0 Å². The molecule has 1 nitrogen and oxygen atoms in total. The topological polar surface area (TPSA) is 12.0 Å². The molecule has 4 rings (SSSR count). The van der Waals surface area contributed by atoms with Crippen LogP contribution in [0.4, 0.5) is 11.4 Å². The van der Waals surface area contributed by atoms with E-state index in [2.05, 4.69) is 59.9 Å². The van der Waals surface area contributed by atoms with Crippen LogP contribution in [0, 0.1) is 6.07 Å². The largest absolute Gasteiger partial charge is 0.378 e. The van der Waals surface area contributed by atoms with Gasteiger partial charge in [-0.3, -0.25) is 0 Å². The summed E-state index contributed by atoms with van der Waals surface area (Å²) >= 11 is 0. The predicted molar refractivity (Wildman–Crippen MR) is 78.8 cm³/mol. The molecule has 1 atom stereocenters. The molecule has 0 saturated heterocycles. The van der Waals surface area contributed by atoms with E-state index in [9.17, 15) is 0 Å². The summed E-state index contributed by atoms with van der Waals surface area (Å²) in [6.07, 6.45) is 8.38. The molecule has 2 aromatic carbocycles. The first-order valence-electron chi connectivity index (χ1n) is 6.95. The Hall–Kier alpha value is -0.916. The Morgan fingerprint density at radius 1 is 1.05 bits per heavy atom. The van der Waals surface area contributed by atoms with E-state index in [0.717, 1.165) is 0 Å². The second kappa shape index (κ2) is 5.46. The van der Waals surface area contributed by atoms with Gasteiger partial charge in [0.1, 0.15) is 0 Å².